The lowest BCUT2D eigenvalue weighted by molar-refractivity contribution is -0.115. The lowest BCUT2D eigenvalue weighted by atomic mass is 10.1. The molecule has 198 valence electrons. The Morgan fingerprint density at radius 2 is 1.92 bits per heavy atom. The summed E-state index contributed by atoms with van der Waals surface area (Å²) < 4.78 is 23.1. The van der Waals surface area contributed by atoms with Crippen LogP contribution in [0.5, 0.6) is 11.5 Å². The van der Waals surface area contributed by atoms with Crippen molar-refractivity contribution in [3.05, 3.63) is 77.5 Å². The normalized spacial score (nSPS) is 11.4. The van der Waals surface area contributed by atoms with E-state index < -0.39 is 5.82 Å². The van der Waals surface area contributed by atoms with Crippen LogP contribution in [-0.4, -0.2) is 44.8 Å². The van der Waals surface area contributed by atoms with E-state index >= 15 is 4.39 Å². The van der Waals surface area contributed by atoms with Gasteiger partial charge in [-0.1, -0.05) is 6.07 Å². The van der Waals surface area contributed by atoms with Crippen LogP contribution in [0.1, 0.15) is 42.3 Å². The maximum Gasteiger partial charge on any atom is 0.251 e. The average molecular weight is 520 g/mol. The predicted molar refractivity (Wildman–Crippen MR) is 142 cm³/mol. The third-order valence-corrected chi connectivity index (χ3v) is 5.90. The molecule has 0 aliphatic heterocycles. The van der Waals surface area contributed by atoms with Crippen LogP contribution >= 0.6 is 0 Å². The number of nitrogens with zero attached hydrogens (tertiary/aromatic N) is 3. The largest absolute Gasteiger partial charge is 0.456 e. The van der Waals surface area contributed by atoms with Crippen LogP contribution in [-0.2, 0) is 16.8 Å². The van der Waals surface area contributed by atoms with Gasteiger partial charge in [-0.05, 0) is 63.6 Å². The van der Waals surface area contributed by atoms with E-state index in [9.17, 15) is 9.59 Å². The zero-order chi connectivity index (χ0) is 27.4. The Bertz CT molecular complexity index is 1490. The molecule has 0 atom stereocenters. The molecule has 10 heteroatoms. The average Bonchev–Trinajstić information content (AvgIpc) is 3.36. The monoisotopic (exact) mass is 519 g/mol. The van der Waals surface area contributed by atoms with Gasteiger partial charge in [-0.3, -0.25) is 19.3 Å². The first-order valence-corrected chi connectivity index (χ1v) is 12.2. The van der Waals surface area contributed by atoms with Crippen molar-refractivity contribution in [3.63, 3.8) is 0 Å². The van der Waals surface area contributed by atoms with E-state index in [0.29, 0.717) is 27.9 Å². The summed E-state index contributed by atoms with van der Waals surface area (Å²) in [6, 6.07) is 9.72. The Morgan fingerprint density at radius 1 is 1.13 bits per heavy atom. The van der Waals surface area contributed by atoms with Crippen molar-refractivity contribution < 1.29 is 23.8 Å². The summed E-state index contributed by atoms with van der Waals surface area (Å²) in [5, 5.41) is 19.1. The number of anilines is 1. The molecule has 0 saturated carbocycles. The van der Waals surface area contributed by atoms with Gasteiger partial charge in [-0.25, -0.2) is 4.39 Å². The SMILES string of the molecule is Cc1c(Oc2ccnc3ccc(C(=O)NCCO)cc23)ccc(CC(=O)Nc2cnn(C(C)(C)C)c2)c1F. The number of aromatic nitrogens is 3. The number of halogens is 1. The molecule has 0 unspecified atom stereocenters. The fourth-order valence-electron chi connectivity index (χ4n) is 3.84. The van der Waals surface area contributed by atoms with Crippen LogP contribution in [0.25, 0.3) is 10.9 Å². The summed E-state index contributed by atoms with van der Waals surface area (Å²) in [5.74, 6) is -0.564. The zero-order valence-corrected chi connectivity index (χ0v) is 21.7. The molecule has 38 heavy (non-hydrogen) atoms. The second kappa shape index (κ2) is 11.0. The third kappa shape index (κ3) is 5.97. The molecular formula is C28H30FN5O4. The number of nitrogens with one attached hydrogen (secondary N) is 2. The van der Waals surface area contributed by atoms with Gasteiger partial charge < -0.3 is 20.5 Å². The second-order valence-electron chi connectivity index (χ2n) is 9.85. The lowest BCUT2D eigenvalue weighted by Crippen LogP contribution is -2.26. The van der Waals surface area contributed by atoms with Crippen molar-refractivity contribution in [1.82, 2.24) is 20.1 Å². The second-order valence-corrected chi connectivity index (χ2v) is 9.85. The van der Waals surface area contributed by atoms with Gasteiger partial charge in [0.1, 0.15) is 17.3 Å². The van der Waals surface area contributed by atoms with Crippen LogP contribution in [0.4, 0.5) is 10.1 Å². The quantitative estimate of drug-likeness (QED) is 0.319. The highest BCUT2D eigenvalue weighted by atomic mass is 19.1. The van der Waals surface area contributed by atoms with Crippen LogP contribution < -0.4 is 15.4 Å². The molecule has 0 aliphatic carbocycles. The van der Waals surface area contributed by atoms with E-state index in [4.69, 9.17) is 9.84 Å². The Labute approximate surface area is 219 Å². The number of aliphatic hydroxyl groups is 1. The van der Waals surface area contributed by atoms with E-state index in [1.807, 2.05) is 20.8 Å². The molecule has 2 heterocycles. The number of amides is 2. The summed E-state index contributed by atoms with van der Waals surface area (Å²) in [7, 11) is 0. The van der Waals surface area contributed by atoms with E-state index in [-0.39, 0.29) is 53.8 Å². The Balaban J connectivity index is 1.52. The fraction of sp³-hybridized carbons (Fsp3) is 0.286. The van der Waals surface area contributed by atoms with Crippen LogP contribution in [0.3, 0.4) is 0 Å². The molecule has 0 fully saturated rings. The number of aliphatic hydroxyl groups excluding tert-OH is 1. The number of carbonyl (C=O) groups is 2. The summed E-state index contributed by atoms with van der Waals surface area (Å²) in [4.78, 5) is 29.2. The topological polar surface area (TPSA) is 118 Å². The van der Waals surface area contributed by atoms with Crippen molar-refractivity contribution in [2.24, 2.45) is 0 Å². The van der Waals surface area contributed by atoms with Crippen molar-refractivity contribution >= 4 is 28.4 Å². The highest BCUT2D eigenvalue weighted by molar-refractivity contribution is 5.99. The molecule has 0 spiro atoms. The number of hydrogen-bond acceptors (Lipinski definition) is 6. The number of rotatable bonds is 8. The Hall–Kier alpha value is -4.31. The van der Waals surface area contributed by atoms with Crippen molar-refractivity contribution in [3.8, 4) is 11.5 Å². The molecular weight excluding hydrogens is 489 g/mol. The number of hydrogen-bond donors (Lipinski definition) is 3. The smallest absolute Gasteiger partial charge is 0.251 e. The first kappa shape index (κ1) is 26.7. The minimum Gasteiger partial charge on any atom is -0.456 e. The highest BCUT2D eigenvalue weighted by Gasteiger charge is 2.18. The van der Waals surface area contributed by atoms with E-state index in [1.165, 1.54) is 6.07 Å². The van der Waals surface area contributed by atoms with Gasteiger partial charge in [0.2, 0.25) is 5.91 Å². The minimum absolute atomic E-state index is 0.136. The first-order chi connectivity index (χ1) is 18.1. The number of ether oxygens (including phenoxy) is 1. The summed E-state index contributed by atoms with van der Waals surface area (Å²) in [6.45, 7) is 7.54. The van der Waals surface area contributed by atoms with Gasteiger partial charge in [0, 0.05) is 35.5 Å². The van der Waals surface area contributed by atoms with Gasteiger partial charge >= 0.3 is 0 Å². The Morgan fingerprint density at radius 3 is 2.63 bits per heavy atom. The van der Waals surface area contributed by atoms with Crippen LogP contribution in [0, 0.1) is 12.7 Å². The van der Waals surface area contributed by atoms with Crippen molar-refractivity contribution in [2.75, 3.05) is 18.5 Å². The Kier molecular flexibility index (Phi) is 7.72. The molecule has 2 aromatic heterocycles. The van der Waals surface area contributed by atoms with Crippen LogP contribution in [0.15, 0.2) is 55.0 Å². The predicted octanol–water partition coefficient (Wildman–Crippen LogP) is 4.33. The standard InChI is InChI=1S/C28H30FN5O4/c1-17-23(38-24-9-10-30-22-7-5-19(13-21(22)24)27(37)31-11-12-35)8-6-18(26(17)29)14-25(36)33-20-15-32-34(16-20)28(2,3)4/h5-10,13,15-16,35H,11-12,14H2,1-4H3,(H,31,37)(H,33,36). The number of fused-ring (bicyclic) bond motifs is 1. The molecule has 0 aliphatic rings. The summed E-state index contributed by atoms with van der Waals surface area (Å²) in [5.41, 5.74) is 1.77. The fourth-order valence-corrected chi connectivity index (χ4v) is 3.84. The van der Waals surface area contributed by atoms with Gasteiger partial charge in [-0.15, -0.1) is 0 Å². The van der Waals surface area contributed by atoms with E-state index in [0.717, 1.165) is 0 Å². The molecule has 2 aromatic carbocycles. The lowest BCUT2D eigenvalue weighted by Gasteiger charge is -2.18. The zero-order valence-electron chi connectivity index (χ0n) is 21.7. The van der Waals surface area contributed by atoms with E-state index in [1.54, 1.807) is 60.5 Å². The van der Waals surface area contributed by atoms with Gasteiger partial charge in [0.15, 0.2) is 0 Å². The maximum absolute atomic E-state index is 15.3. The molecule has 0 saturated heterocycles. The maximum atomic E-state index is 15.3. The van der Waals surface area contributed by atoms with Crippen molar-refractivity contribution in [2.45, 2.75) is 39.7 Å². The third-order valence-electron chi connectivity index (χ3n) is 5.90. The molecule has 3 N–H and O–H groups in total. The number of benzene rings is 2. The highest BCUT2D eigenvalue weighted by Crippen LogP contribution is 2.33. The molecule has 4 rings (SSSR count). The van der Waals surface area contributed by atoms with Gasteiger partial charge in [0.25, 0.3) is 5.91 Å². The number of pyridine rings is 1. The van der Waals surface area contributed by atoms with Gasteiger partial charge in [-0.2, -0.15) is 5.10 Å². The molecule has 0 bridgehead atoms. The van der Waals surface area contributed by atoms with E-state index in [2.05, 4.69) is 20.7 Å². The molecule has 0 radical (unpaired) electrons. The van der Waals surface area contributed by atoms with Crippen LogP contribution in [0.2, 0.25) is 0 Å². The summed E-state index contributed by atoms with van der Waals surface area (Å²) >= 11 is 0. The molecule has 4 aromatic rings. The number of carbonyl (C=O) groups excluding carboxylic acids is 2. The first-order valence-electron chi connectivity index (χ1n) is 12.2. The van der Waals surface area contributed by atoms with Crippen molar-refractivity contribution in [1.29, 1.82) is 0 Å². The molecule has 9 nitrogen and oxygen atoms in total. The minimum atomic E-state index is -0.537. The summed E-state index contributed by atoms with van der Waals surface area (Å²) in [6.07, 6.45) is 4.70. The molecule has 2 amide bonds. The van der Waals surface area contributed by atoms with Gasteiger partial charge in [0.05, 0.1) is 36.0 Å².